The molecule has 0 saturated carbocycles. The van der Waals surface area contributed by atoms with Gasteiger partial charge in [-0.3, -0.25) is 9.88 Å². The smallest absolute Gasteiger partial charge is 0.410 e. The van der Waals surface area contributed by atoms with Crippen molar-refractivity contribution in [1.82, 2.24) is 35.0 Å². The molecule has 1 aliphatic carbocycles. The highest BCUT2D eigenvalue weighted by molar-refractivity contribution is 6.30. The highest BCUT2D eigenvalue weighted by atomic mass is 35.5. The Bertz CT molecular complexity index is 1560. The van der Waals surface area contributed by atoms with Gasteiger partial charge in [-0.1, -0.05) is 23.7 Å². The molecule has 0 radical (unpaired) electrons. The van der Waals surface area contributed by atoms with Crippen LogP contribution in [0.1, 0.15) is 81.7 Å². The summed E-state index contributed by atoms with van der Waals surface area (Å²) in [6, 6.07) is 8.84. The van der Waals surface area contributed by atoms with Gasteiger partial charge in [-0.15, -0.1) is 0 Å². The monoisotopic (exact) mass is 619 g/mol. The van der Waals surface area contributed by atoms with E-state index < -0.39 is 17.2 Å². The van der Waals surface area contributed by atoms with Crippen LogP contribution in [0.5, 0.6) is 0 Å². The summed E-state index contributed by atoms with van der Waals surface area (Å²) >= 11 is 6.67. The van der Waals surface area contributed by atoms with Crippen LogP contribution >= 0.6 is 11.6 Å². The number of hydrogen-bond acceptors (Lipinski definition) is 6. The number of amides is 3. The number of urea groups is 1. The Balaban J connectivity index is 1.58. The van der Waals surface area contributed by atoms with Crippen molar-refractivity contribution >= 4 is 35.4 Å². The third-order valence-electron chi connectivity index (χ3n) is 7.62. The highest BCUT2D eigenvalue weighted by Gasteiger charge is 2.37. The molecule has 3 aromatic rings. The lowest BCUT2D eigenvalue weighted by molar-refractivity contribution is 0.0118. The largest absolute Gasteiger partial charge is 0.444 e. The maximum absolute atomic E-state index is 13.3. The van der Waals surface area contributed by atoms with Crippen molar-refractivity contribution in [3.05, 3.63) is 82.2 Å². The van der Waals surface area contributed by atoms with Gasteiger partial charge in [-0.25, -0.2) is 14.6 Å². The minimum absolute atomic E-state index is 0.205. The van der Waals surface area contributed by atoms with E-state index in [1.54, 1.807) is 17.4 Å². The molecule has 1 fully saturated rings. The molecule has 3 amide bonds. The zero-order valence-electron chi connectivity index (χ0n) is 26.5. The van der Waals surface area contributed by atoms with E-state index in [2.05, 4.69) is 38.7 Å². The lowest BCUT2D eigenvalue weighted by atomic mass is 9.90. The SMILES string of the molecule is Cn1cncc1C(NC(=O)NC(C)(C)C)C1=Cc2cccnc2C(N2CCN(C(=O)OC(C)(C)C)CC2)c2ccc(Cl)cc21. The molecule has 1 aliphatic heterocycles. The summed E-state index contributed by atoms with van der Waals surface area (Å²) < 4.78 is 7.55. The van der Waals surface area contributed by atoms with Gasteiger partial charge in [-0.2, -0.15) is 0 Å². The summed E-state index contributed by atoms with van der Waals surface area (Å²) in [7, 11) is 1.91. The van der Waals surface area contributed by atoms with Crippen LogP contribution in [-0.4, -0.2) is 73.8 Å². The fourth-order valence-corrected chi connectivity index (χ4v) is 5.92. The third kappa shape index (κ3) is 7.08. The summed E-state index contributed by atoms with van der Waals surface area (Å²) in [5.74, 6) is 0. The molecule has 2 N–H and O–H groups in total. The maximum atomic E-state index is 13.3. The van der Waals surface area contributed by atoms with Crippen molar-refractivity contribution in [2.75, 3.05) is 26.2 Å². The van der Waals surface area contributed by atoms with Crippen LogP contribution in [0.15, 0.2) is 49.1 Å². The first-order valence-corrected chi connectivity index (χ1v) is 15.3. The minimum atomic E-state index is -0.555. The van der Waals surface area contributed by atoms with Crippen molar-refractivity contribution in [2.45, 2.75) is 64.8 Å². The quantitative estimate of drug-likeness (QED) is 0.382. The van der Waals surface area contributed by atoms with E-state index in [9.17, 15) is 9.59 Å². The molecule has 3 heterocycles. The van der Waals surface area contributed by atoms with E-state index >= 15 is 0 Å². The van der Waals surface area contributed by atoms with Crippen molar-refractivity contribution in [3.63, 3.8) is 0 Å². The van der Waals surface area contributed by atoms with Crippen LogP contribution < -0.4 is 10.6 Å². The van der Waals surface area contributed by atoms with Crippen molar-refractivity contribution in [1.29, 1.82) is 0 Å². The van der Waals surface area contributed by atoms with E-state index in [0.717, 1.165) is 33.7 Å². The zero-order chi connectivity index (χ0) is 31.8. The lowest BCUT2D eigenvalue weighted by Crippen LogP contribution is -2.51. The number of carbonyl (C=O) groups is 2. The summed E-state index contributed by atoms with van der Waals surface area (Å²) in [6.45, 7) is 13.8. The number of ether oxygens (including phenoxy) is 1. The van der Waals surface area contributed by atoms with Crippen LogP contribution in [0.2, 0.25) is 5.02 Å². The van der Waals surface area contributed by atoms with E-state index in [0.29, 0.717) is 31.2 Å². The van der Waals surface area contributed by atoms with Gasteiger partial charge in [0.1, 0.15) is 5.60 Å². The first-order chi connectivity index (χ1) is 20.7. The van der Waals surface area contributed by atoms with Crippen molar-refractivity contribution in [3.8, 4) is 0 Å². The van der Waals surface area contributed by atoms with Crippen LogP contribution in [-0.2, 0) is 11.8 Å². The number of halogens is 1. The molecule has 1 aromatic carbocycles. The van der Waals surface area contributed by atoms with Gasteiger partial charge >= 0.3 is 12.1 Å². The number of aryl methyl sites for hydroxylation is 1. The number of pyridine rings is 1. The van der Waals surface area contributed by atoms with Gasteiger partial charge in [0.15, 0.2) is 0 Å². The molecule has 5 rings (SSSR count). The fraction of sp³-hybridized carbons (Fsp3) is 0.455. The molecule has 0 bridgehead atoms. The van der Waals surface area contributed by atoms with Gasteiger partial charge in [-0.05, 0) is 88.1 Å². The number of imidazole rings is 1. The van der Waals surface area contributed by atoms with Crippen molar-refractivity contribution in [2.24, 2.45) is 7.05 Å². The van der Waals surface area contributed by atoms with Crippen LogP contribution in [0.25, 0.3) is 11.6 Å². The normalized spacial score (nSPS) is 18.0. The predicted octanol–water partition coefficient (Wildman–Crippen LogP) is 5.80. The standard InChI is InChI=1S/C33H42ClN7O3/c1-32(2,3)38-30(42)37-28(26-19-35-20-39(26)7)25-17-21-9-8-12-36-27(21)29(23-11-10-22(34)18-24(23)25)40-13-15-41(16-14-40)31(43)44-33(4,5)6/h8-12,17-20,28-29H,13-16H2,1-7H3,(H2,37,38,42). The number of hydrogen-bond donors (Lipinski definition) is 2. The van der Waals surface area contributed by atoms with Gasteiger partial charge in [0, 0.05) is 50.0 Å². The molecule has 0 spiro atoms. The van der Waals surface area contributed by atoms with E-state index in [4.69, 9.17) is 21.3 Å². The molecule has 2 aromatic heterocycles. The molecule has 44 heavy (non-hydrogen) atoms. The second-order valence-electron chi connectivity index (χ2n) is 13.4. The number of aromatic nitrogens is 3. The topological polar surface area (TPSA) is 105 Å². The second-order valence-corrected chi connectivity index (χ2v) is 13.9. The summed E-state index contributed by atoms with van der Waals surface area (Å²) in [4.78, 5) is 39.6. The number of piperazine rings is 1. The van der Waals surface area contributed by atoms with Gasteiger partial charge in [0.25, 0.3) is 0 Å². The Morgan fingerprint density at radius 2 is 1.80 bits per heavy atom. The number of benzene rings is 1. The summed E-state index contributed by atoms with van der Waals surface area (Å²) in [5, 5.41) is 6.84. The van der Waals surface area contributed by atoms with Crippen LogP contribution in [0.3, 0.4) is 0 Å². The lowest BCUT2D eigenvalue weighted by Gasteiger charge is -2.40. The van der Waals surface area contributed by atoms with E-state index in [-0.39, 0.29) is 18.2 Å². The zero-order valence-corrected chi connectivity index (χ0v) is 27.3. The van der Waals surface area contributed by atoms with Gasteiger partial charge in [0.05, 0.1) is 36.0 Å². The first kappa shape index (κ1) is 31.5. The van der Waals surface area contributed by atoms with Gasteiger partial charge < -0.3 is 24.8 Å². The minimum Gasteiger partial charge on any atom is -0.444 e. The Kier molecular flexibility index (Phi) is 8.77. The molecule has 11 heteroatoms. The molecule has 1 saturated heterocycles. The summed E-state index contributed by atoms with van der Waals surface area (Å²) in [6.07, 6.45) is 7.11. The second kappa shape index (κ2) is 12.2. The molecule has 2 unspecified atom stereocenters. The van der Waals surface area contributed by atoms with Gasteiger partial charge in [0.2, 0.25) is 0 Å². The number of carbonyl (C=O) groups excluding carboxylic acids is 2. The van der Waals surface area contributed by atoms with Crippen molar-refractivity contribution < 1.29 is 14.3 Å². The average molecular weight is 620 g/mol. The molecule has 10 nitrogen and oxygen atoms in total. The highest BCUT2D eigenvalue weighted by Crippen LogP contribution is 2.44. The molecular formula is C33H42ClN7O3. The predicted molar refractivity (Wildman–Crippen MR) is 172 cm³/mol. The Hall–Kier alpha value is -3.89. The summed E-state index contributed by atoms with van der Waals surface area (Å²) in [5.41, 5.74) is 4.50. The molecular weight excluding hydrogens is 578 g/mol. The molecule has 2 aliphatic rings. The Morgan fingerprint density at radius 3 is 2.43 bits per heavy atom. The number of nitrogens with zero attached hydrogens (tertiary/aromatic N) is 5. The molecule has 234 valence electrons. The van der Waals surface area contributed by atoms with Crippen LogP contribution in [0.4, 0.5) is 9.59 Å². The number of rotatable bonds is 4. The first-order valence-electron chi connectivity index (χ1n) is 14.9. The Labute approximate surface area is 264 Å². The Morgan fingerprint density at radius 1 is 1.07 bits per heavy atom. The fourth-order valence-electron chi connectivity index (χ4n) is 5.75. The van der Waals surface area contributed by atoms with Crippen LogP contribution in [0, 0.1) is 0 Å². The number of nitrogens with one attached hydrogen (secondary N) is 2. The molecule has 2 atom stereocenters. The maximum Gasteiger partial charge on any atom is 0.410 e. The third-order valence-corrected chi connectivity index (χ3v) is 7.85. The van der Waals surface area contributed by atoms with E-state index in [1.165, 1.54) is 0 Å². The van der Waals surface area contributed by atoms with E-state index in [1.807, 2.05) is 77.6 Å². The number of fused-ring (bicyclic) bond motifs is 2. The average Bonchev–Trinajstić information content (AvgIpc) is 3.30.